The quantitative estimate of drug-likeness (QED) is 0.837. The van der Waals surface area contributed by atoms with Crippen molar-refractivity contribution < 1.29 is 13.2 Å². The van der Waals surface area contributed by atoms with Gasteiger partial charge in [-0.25, -0.2) is 0 Å². The van der Waals surface area contributed by atoms with Crippen LogP contribution < -0.4 is 0 Å². The molecule has 0 spiro atoms. The first kappa shape index (κ1) is 17.9. The lowest BCUT2D eigenvalue weighted by Gasteiger charge is -2.22. The molecule has 1 aromatic heterocycles. The van der Waals surface area contributed by atoms with Gasteiger partial charge < -0.3 is 0 Å². The van der Waals surface area contributed by atoms with Crippen LogP contribution in [0.4, 0.5) is 13.2 Å². The molecular weight excluding hydrogens is 327 g/mol. The molecular formula is C19H22F3N3. The topological polar surface area (TPSA) is 19.4 Å². The molecule has 0 atom stereocenters. The number of halogens is 3. The minimum Gasteiger partial charge on any atom is -0.298 e. The first-order chi connectivity index (χ1) is 12.0. The SMILES string of the molecule is FC(F)(F)c1ccc(CN2CCCN(Cc3ccccc3)CC2)cn1. The lowest BCUT2D eigenvalue weighted by molar-refractivity contribution is -0.141. The van der Waals surface area contributed by atoms with Gasteiger partial charge in [0, 0.05) is 32.4 Å². The van der Waals surface area contributed by atoms with E-state index < -0.39 is 11.9 Å². The Bertz CT molecular complexity index is 656. The molecule has 2 aromatic rings. The number of hydrogen-bond acceptors (Lipinski definition) is 3. The summed E-state index contributed by atoms with van der Waals surface area (Å²) in [5.74, 6) is 0. The van der Waals surface area contributed by atoms with Gasteiger partial charge in [-0.15, -0.1) is 0 Å². The molecule has 0 unspecified atom stereocenters. The minimum absolute atomic E-state index is 0.643. The van der Waals surface area contributed by atoms with Gasteiger partial charge in [0.25, 0.3) is 0 Å². The summed E-state index contributed by atoms with van der Waals surface area (Å²) in [6.07, 6.45) is -1.98. The zero-order chi connectivity index (χ0) is 17.7. The summed E-state index contributed by atoms with van der Waals surface area (Å²) in [7, 11) is 0. The number of nitrogens with zero attached hydrogens (tertiary/aromatic N) is 3. The lowest BCUT2D eigenvalue weighted by Crippen LogP contribution is -2.30. The van der Waals surface area contributed by atoms with E-state index >= 15 is 0 Å². The predicted octanol–water partition coefficient (Wildman–Crippen LogP) is 3.81. The first-order valence-corrected chi connectivity index (χ1v) is 8.51. The van der Waals surface area contributed by atoms with Crippen LogP contribution in [0.25, 0.3) is 0 Å². The van der Waals surface area contributed by atoms with Crippen LogP contribution in [0.15, 0.2) is 48.7 Å². The number of alkyl halides is 3. The second-order valence-corrected chi connectivity index (χ2v) is 6.44. The highest BCUT2D eigenvalue weighted by Crippen LogP contribution is 2.27. The average Bonchev–Trinajstić information content (AvgIpc) is 2.81. The summed E-state index contributed by atoms with van der Waals surface area (Å²) in [6.45, 7) is 5.45. The second-order valence-electron chi connectivity index (χ2n) is 6.44. The summed E-state index contributed by atoms with van der Waals surface area (Å²) in [5, 5.41) is 0. The Labute approximate surface area is 146 Å². The van der Waals surface area contributed by atoms with Crippen LogP contribution >= 0.6 is 0 Å². The third-order valence-electron chi connectivity index (χ3n) is 4.45. The van der Waals surface area contributed by atoms with Crippen molar-refractivity contribution in [3.8, 4) is 0 Å². The van der Waals surface area contributed by atoms with Crippen LogP contribution in [0.5, 0.6) is 0 Å². The van der Waals surface area contributed by atoms with Crippen molar-refractivity contribution >= 4 is 0 Å². The van der Waals surface area contributed by atoms with Crippen molar-refractivity contribution in [2.24, 2.45) is 0 Å². The van der Waals surface area contributed by atoms with E-state index in [4.69, 9.17) is 0 Å². The normalized spacial score (nSPS) is 17.4. The molecule has 25 heavy (non-hydrogen) atoms. The molecule has 3 nitrogen and oxygen atoms in total. The Morgan fingerprint density at radius 1 is 0.800 bits per heavy atom. The van der Waals surface area contributed by atoms with E-state index in [0.717, 1.165) is 50.8 Å². The van der Waals surface area contributed by atoms with E-state index in [1.807, 2.05) is 6.07 Å². The Balaban J connectivity index is 1.53. The lowest BCUT2D eigenvalue weighted by atomic mass is 10.2. The van der Waals surface area contributed by atoms with Gasteiger partial charge in [0.05, 0.1) is 0 Å². The average molecular weight is 349 g/mol. The van der Waals surface area contributed by atoms with Gasteiger partial charge in [-0.05, 0) is 36.7 Å². The second kappa shape index (κ2) is 7.97. The summed E-state index contributed by atoms with van der Waals surface area (Å²) in [4.78, 5) is 8.27. The molecule has 0 aliphatic carbocycles. The summed E-state index contributed by atoms with van der Waals surface area (Å²) >= 11 is 0. The highest BCUT2D eigenvalue weighted by molar-refractivity contribution is 5.16. The smallest absolute Gasteiger partial charge is 0.298 e. The minimum atomic E-state index is -4.38. The summed E-state index contributed by atoms with van der Waals surface area (Å²) < 4.78 is 37.7. The number of pyridine rings is 1. The van der Waals surface area contributed by atoms with Gasteiger partial charge in [0.15, 0.2) is 0 Å². The number of rotatable bonds is 4. The van der Waals surface area contributed by atoms with E-state index in [1.165, 1.54) is 17.8 Å². The molecule has 6 heteroatoms. The monoisotopic (exact) mass is 349 g/mol. The fourth-order valence-corrected chi connectivity index (χ4v) is 3.13. The molecule has 1 fully saturated rings. The van der Waals surface area contributed by atoms with Crippen molar-refractivity contribution in [1.82, 2.24) is 14.8 Å². The van der Waals surface area contributed by atoms with E-state index in [9.17, 15) is 13.2 Å². The van der Waals surface area contributed by atoms with Gasteiger partial charge in [0.2, 0.25) is 0 Å². The molecule has 0 amide bonds. The van der Waals surface area contributed by atoms with Gasteiger partial charge in [0.1, 0.15) is 5.69 Å². The number of hydrogen-bond donors (Lipinski definition) is 0. The van der Waals surface area contributed by atoms with Crippen molar-refractivity contribution in [3.05, 3.63) is 65.5 Å². The van der Waals surface area contributed by atoms with Crippen LogP contribution in [0.3, 0.4) is 0 Å². The van der Waals surface area contributed by atoms with Gasteiger partial charge in [-0.2, -0.15) is 13.2 Å². The molecule has 0 radical (unpaired) electrons. The molecule has 3 rings (SSSR count). The third-order valence-corrected chi connectivity index (χ3v) is 4.45. The Morgan fingerprint density at radius 3 is 2.00 bits per heavy atom. The van der Waals surface area contributed by atoms with Crippen LogP contribution in [0.1, 0.15) is 23.2 Å². The zero-order valence-electron chi connectivity index (χ0n) is 14.0. The van der Waals surface area contributed by atoms with Crippen LogP contribution in [0.2, 0.25) is 0 Å². The molecule has 1 saturated heterocycles. The fourth-order valence-electron chi connectivity index (χ4n) is 3.13. The third kappa shape index (κ3) is 5.28. The maximum absolute atomic E-state index is 12.6. The predicted molar refractivity (Wildman–Crippen MR) is 90.9 cm³/mol. The van der Waals surface area contributed by atoms with E-state index in [-0.39, 0.29) is 0 Å². The Hall–Kier alpha value is -1.92. The number of benzene rings is 1. The molecule has 0 N–H and O–H groups in total. The number of aromatic nitrogens is 1. The highest BCUT2D eigenvalue weighted by atomic mass is 19.4. The van der Waals surface area contributed by atoms with E-state index in [0.29, 0.717) is 6.54 Å². The molecule has 2 heterocycles. The van der Waals surface area contributed by atoms with Crippen LogP contribution in [-0.4, -0.2) is 41.0 Å². The summed E-state index contributed by atoms with van der Waals surface area (Å²) in [5.41, 5.74) is 1.30. The zero-order valence-corrected chi connectivity index (χ0v) is 14.0. The van der Waals surface area contributed by atoms with Gasteiger partial charge in [-0.1, -0.05) is 36.4 Å². The van der Waals surface area contributed by atoms with Crippen molar-refractivity contribution in [2.45, 2.75) is 25.7 Å². The molecule has 1 aliphatic heterocycles. The van der Waals surface area contributed by atoms with E-state index in [2.05, 4.69) is 39.0 Å². The van der Waals surface area contributed by atoms with Gasteiger partial charge >= 0.3 is 6.18 Å². The molecule has 134 valence electrons. The fraction of sp³-hybridized carbons (Fsp3) is 0.421. The standard InChI is InChI=1S/C19H22F3N3/c20-19(21,22)18-8-7-17(13-23-18)15-25-10-4-9-24(11-12-25)14-16-5-2-1-3-6-16/h1-3,5-8,13H,4,9-12,14-15H2. The van der Waals surface area contributed by atoms with Crippen molar-refractivity contribution in [3.63, 3.8) is 0 Å². The summed E-state index contributed by atoms with van der Waals surface area (Å²) in [6, 6.07) is 13.0. The Morgan fingerprint density at radius 2 is 1.44 bits per heavy atom. The van der Waals surface area contributed by atoms with Gasteiger partial charge in [-0.3, -0.25) is 14.8 Å². The largest absolute Gasteiger partial charge is 0.433 e. The van der Waals surface area contributed by atoms with E-state index in [1.54, 1.807) is 0 Å². The maximum Gasteiger partial charge on any atom is 0.433 e. The highest BCUT2D eigenvalue weighted by Gasteiger charge is 2.32. The van der Waals surface area contributed by atoms with Crippen LogP contribution in [-0.2, 0) is 19.3 Å². The first-order valence-electron chi connectivity index (χ1n) is 8.51. The molecule has 1 aromatic carbocycles. The van der Waals surface area contributed by atoms with Crippen LogP contribution in [0, 0.1) is 0 Å². The van der Waals surface area contributed by atoms with Crippen molar-refractivity contribution in [2.75, 3.05) is 26.2 Å². The molecule has 0 bridgehead atoms. The Kier molecular flexibility index (Phi) is 5.71. The maximum atomic E-state index is 12.6. The molecule has 0 saturated carbocycles. The molecule has 1 aliphatic rings. The van der Waals surface area contributed by atoms with Crippen molar-refractivity contribution in [1.29, 1.82) is 0 Å².